The number of benzene rings is 1. The summed E-state index contributed by atoms with van der Waals surface area (Å²) in [6.07, 6.45) is 0.724. The van der Waals surface area contributed by atoms with Crippen LogP contribution in [0.2, 0.25) is 0 Å². The van der Waals surface area contributed by atoms with E-state index < -0.39 is 0 Å². The summed E-state index contributed by atoms with van der Waals surface area (Å²) in [4.78, 5) is 10.6. The van der Waals surface area contributed by atoms with Crippen molar-refractivity contribution in [3.8, 4) is 0 Å². The van der Waals surface area contributed by atoms with Gasteiger partial charge in [0.05, 0.1) is 5.29 Å². The molecule has 1 heterocycles. The number of nitroso groups, excluding NO2 is 1. The molecule has 0 saturated heterocycles. The van der Waals surface area contributed by atoms with E-state index in [1.165, 1.54) is 17.1 Å². The van der Waals surface area contributed by atoms with E-state index in [4.69, 9.17) is 0 Å². The van der Waals surface area contributed by atoms with Crippen molar-refractivity contribution in [1.82, 2.24) is 8.94 Å². The van der Waals surface area contributed by atoms with Crippen LogP contribution in [0.4, 0.5) is 0 Å². The summed E-state index contributed by atoms with van der Waals surface area (Å²) in [6.45, 7) is 0. The molecule has 2 aromatic rings. The number of rotatable bonds is 3. The standard InChI is InChI=1S/C10H10N4OS/c1-14-9(12-16-10(14)11-13-15)7-8-5-3-2-4-6-8/h2-6H,7H2,1H3/b11-10-. The number of hydrogen-bond acceptors (Lipinski definition) is 4. The van der Waals surface area contributed by atoms with Gasteiger partial charge in [-0.15, -0.1) is 4.91 Å². The fourth-order valence-electron chi connectivity index (χ4n) is 1.38. The summed E-state index contributed by atoms with van der Waals surface area (Å²) in [5.74, 6) is 0.874. The molecule has 0 aliphatic heterocycles. The monoisotopic (exact) mass is 234 g/mol. The minimum absolute atomic E-state index is 0.515. The molecule has 0 spiro atoms. The maximum atomic E-state index is 10.0. The summed E-state index contributed by atoms with van der Waals surface area (Å²) in [6, 6.07) is 10.0. The van der Waals surface area contributed by atoms with Gasteiger partial charge in [-0.1, -0.05) is 35.4 Å². The van der Waals surface area contributed by atoms with E-state index in [-0.39, 0.29) is 0 Å². The van der Waals surface area contributed by atoms with Crippen molar-refractivity contribution in [3.05, 3.63) is 51.4 Å². The smallest absolute Gasteiger partial charge is 0.232 e. The van der Waals surface area contributed by atoms with Gasteiger partial charge < -0.3 is 4.57 Å². The maximum Gasteiger partial charge on any atom is 0.232 e. The Morgan fingerprint density at radius 2 is 2.12 bits per heavy atom. The first-order chi connectivity index (χ1) is 7.81. The van der Waals surface area contributed by atoms with Crippen LogP contribution in [0.1, 0.15) is 11.4 Å². The number of aromatic nitrogens is 2. The van der Waals surface area contributed by atoms with Crippen LogP contribution in [0.5, 0.6) is 0 Å². The third-order valence-electron chi connectivity index (χ3n) is 2.24. The molecule has 82 valence electrons. The van der Waals surface area contributed by atoms with Crippen molar-refractivity contribution in [3.63, 3.8) is 0 Å². The van der Waals surface area contributed by atoms with Crippen molar-refractivity contribution in [2.45, 2.75) is 6.42 Å². The first kappa shape index (κ1) is 10.7. The van der Waals surface area contributed by atoms with Gasteiger partial charge in [-0.3, -0.25) is 0 Å². The Morgan fingerprint density at radius 3 is 2.81 bits per heavy atom. The minimum Gasteiger partial charge on any atom is -0.305 e. The number of nitrogens with zero attached hydrogens (tertiary/aromatic N) is 4. The van der Waals surface area contributed by atoms with E-state index >= 15 is 0 Å². The summed E-state index contributed by atoms with van der Waals surface area (Å²) >= 11 is 1.17. The minimum atomic E-state index is 0.515. The molecular formula is C10H10N4OS. The third kappa shape index (κ3) is 2.22. The van der Waals surface area contributed by atoms with Crippen LogP contribution in [0.3, 0.4) is 0 Å². The predicted molar refractivity (Wildman–Crippen MR) is 61.7 cm³/mol. The molecule has 5 nitrogen and oxygen atoms in total. The van der Waals surface area contributed by atoms with Crippen molar-refractivity contribution in [1.29, 1.82) is 0 Å². The second kappa shape index (κ2) is 4.80. The molecule has 0 unspecified atom stereocenters. The lowest BCUT2D eigenvalue weighted by Gasteiger charge is -2.00. The lowest BCUT2D eigenvalue weighted by Crippen LogP contribution is -2.13. The quantitative estimate of drug-likeness (QED) is 0.599. The zero-order valence-corrected chi connectivity index (χ0v) is 9.52. The predicted octanol–water partition coefficient (Wildman–Crippen LogP) is 1.65. The highest BCUT2D eigenvalue weighted by Gasteiger charge is 2.04. The topological polar surface area (TPSA) is 59.6 Å². The molecule has 0 amide bonds. The molecule has 2 rings (SSSR count). The van der Waals surface area contributed by atoms with Gasteiger partial charge in [-0.25, -0.2) is 0 Å². The van der Waals surface area contributed by atoms with Crippen molar-refractivity contribution >= 4 is 11.5 Å². The van der Waals surface area contributed by atoms with Crippen LogP contribution in [-0.4, -0.2) is 8.94 Å². The van der Waals surface area contributed by atoms with Crippen molar-refractivity contribution in [2.24, 2.45) is 17.4 Å². The lowest BCUT2D eigenvalue weighted by atomic mass is 10.1. The molecule has 1 aromatic heterocycles. The highest BCUT2D eigenvalue weighted by atomic mass is 32.1. The fourth-order valence-corrected chi connectivity index (χ4v) is 2.05. The van der Waals surface area contributed by atoms with Gasteiger partial charge in [-0.2, -0.15) is 4.37 Å². The van der Waals surface area contributed by atoms with Crippen LogP contribution < -0.4 is 4.80 Å². The average Bonchev–Trinajstić information content (AvgIpc) is 2.64. The van der Waals surface area contributed by atoms with Crippen LogP contribution >= 0.6 is 11.5 Å². The molecule has 0 aliphatic rings. The SMILES string of the molecule is Cn1c(Cc2ccccc2)ns/c1=N\N=O. The molecule has 16 heavy (non-hydrogen) atoms. The average molecular weight is 234 g/mol. The van der Waals surface area contributed by atoms with Gasteiger partial charge in [-0.05, 0) is 5.56 Å². The Hall–Kier alpha value is -1.82. The van der Waals surface area contributed by atoms with Gasteiger partial charge in [0.25, 0.3) is 0 Å². The van der Waals surface area contributed by atoms with Crippen LogP contribution in [0.25, 0.3) is 0 Å². The molecule has 6 heteroatoms. The van der Waals surface area contributed by atoms with Gasteiger partial charge in [0.15, 0.2) is 0 Å². The van der Waals surface area contributed by atoms with Crippen LogP contribution in [0, 0.1) is 4.91 Å². The highest BCUT2D eigenvalue weighted by molar-refractivity contribution is 7.02. The molecule has 0 saturated carbocycles. The Bertz CT molecular complexity index is 543. The first-order valence-electron chi connectivity index (χ1n) is 4.73. The molecule has 1 aromatic carbocycles. The van der Waals surface area contributed by atoms with E-state index in [0.717, 1.165) is 12.2 Å². The van der Waals surface area contributed by atoms with E-state index in [1.807, 2.05) is 37.4 Å². The third-order valence-corrected chi connectivity index (χ3v) is 3.06. The lowest BCUT2D eigenvalue weighted by molar-refractivity contribution is 0.775. The highest BCUT2D eigenvalue weighted by Crippen LogP contribution is 2.05. The van der Waals surface area contributed by atoms with Gasteiger partial charge in [0, 0.05) is 25.0 Å². The van der Waals surface area contributed by atoms with E-state index in [9.17, 15) is 4.91 Å². The molecule has 0 atom stereocenters. The Morgan fingerprint density at radius 1 is 1.38 bits per heavy atom. The van der Waals surface area contributed by atoms with E-state index in [2.05, 4.69) is 14.8 Å². The Balaban J connectivity index is 2.30. The molecule has 0 bridgehead atoms. The fraction of sp³-hybridized carbons (Fsp3) is 0.200. The normalized spacial score (nSPS) is 11.7. The molecule has 0 N–H and O–H groups in total. The summed E-state index contributed by atoms with van der Waals surface area (Å²) < 4.78 is 6.02. The first-order valence-corrected chi connectivity index (χ1v) is 5.50. The van der Waals surface area contributed by atoms with Gasteiger partial charge in [0.2, 0.25) is 4.80 Å². The van der Waals surface area contributed by atoms with Crippen LogP contribution in [-0.2, 0) is 13.5 Å². The Labute approximate surface area is 96.2 Å². The molecule has 0 aliphatic carbocycles. The Kier molecular flexibility index (Phi) is 3.21. The largest absolute Gasteiger partial charge is 0.305 e. The molecule has 0 fully saturated rings. The van der Waals surface area contributed by atoms with E-state index in [0.29, 0.717) is 4.80 Å². The molecular weight excluding hydrogens is 224 g/mol. The maximum absolute atomic E-state index is 10.0. The number of hydrogen-bond donors (Lipinski definition) is 0. The molecule has 0 radical (unpaired) electrons. The van der Waals surface area contributed by atoms with Crippen molar-refractivity contribution in [2.75, 3.05) is 0 Å². The second-order valence-electron chi connectivity index (χ2n) is 3.28. The summed E-state index contributed by atoms with van der Waals surface area (Å²) in [7, 11) is 1.83. The van der Waals surface area contributed by atoms with Crippen molar-refractivity contribution < 1.29 is 0 Å². The summed E-state index contributed by atoms with van der Waals surface area (Å²) in [5, 5.41) is 5.97. The van der Waals surface area contributed by atoms with Gasteiger partial charge in [0.1, 0.15) is 5.82 Å². The zero-order chi connectivity index (χ0) is 11.4. The van der Waals surface area contributed by atoms with E-state index in [1.54, 1.807) is 4.57 Å². The van der Waals surface area contributed by atoms with Gasteiger partial charge >= 0.3 is 0 Å². The zero-order valence-electron chi connectivity index (χ0n) is 8.70. The summed E-state index contributed by atoms with van der Waals surface area (Å²) in [5.41, 5.74) is 1.18. The van der Waals surface area contributed by atoms with Crippen LogP contribution in [0.15, 0.2) is 40.7 Å². The second-order valence-corrected chi connectivity index (χ2v) is 4.01.